The highest BCUT2D eigenvalue weighted by molar-refractivity contribution is 6.33. The fraction of sp³-hybridized carbons (Fsp3) is 0.381. The van der Waals surface area contributed by atoms with Crippen LogP contribution in [0.1, 0.15) is 59.3 Å². The van der Waals surface area contributed by atoms with Crippen molar-refractivity contribution in [3.05, 3.63) is 57.9 Å². The normalized spacial score (nSPS) is 17.4. The van der Waals surface area contributed by atoms with E-state index in [-0.39, 0.29) is 33.8 Å². The van der Waals surface area contributed by atoms with Gasteiger partial charge in [0.2, 0.25) is 0 Å². The molecular weight excluding hydrogens is 397 g/mol. The quantitative estimate of drug-likeness (QED) is 0.562. The number of aromatic nitrogens is 2. The topological polar surface area (TPSA) is 72.4 Å². The Bertz CT molecular complexity index is 1030. The zero-order chi connectivity index (χ0) is 20.5. The van der Waals surface area contributed by atoms with Crippen LogP contribution in [0.25, 0.3) is 11.3 Å². The van der Waals surface area contributed by atoms with Gasteiger partial charge < -0.3 is 13.9 Å². The van der Waals surface area contributed by atoms with Crippen LogP contribution in [0.15, 0.2) is 33.3 Å². The summed E-state index contributed by atoms with van der Waals surface area (Å²) in [7, 11) is 0. The molecule has 2 aromatic heterocycles. The number of carbonyl (C=O) groups excluding carboxylic acids is 1. The van der Waals surface area contributed by atoms with Crippen molar-refractivity contribution in [3.63, 3.8) is 0 Å². The first-order chi connectivity index (χ1) is 14.0. The van der Waals surface area contributed by atoms with Crippen LogP contribution in [0, 0.1) is 19.7 Å². The molecule has 1 aromatic carbocycles. The highest BCUT2D eigenvalue weighted by Crippen LogP contribution is 2.37. The molecule has 152 valence electrons. The van der Waals surface area contributed by atoms with Gasteiger partial charge in [0.25, 0.3) is 5.91 Å². The first kappa shape index (κ1) is 19.6. The zero-order valence-electron chi connectivity index (χ0n) is 16.2. The Hall–Kier alpha value is -2.67. The number of carbonyl (C=O) groups is 1. The van der Waals surface area contributed by atoms with Gasteiger partial charge in [-0.25, -0.2) is 4.39 Å². The first-order valence-corrected chi connectivity index (χ1v) is 10.00. The predicted octanol–water partition coefficient (Wildman–Crippen LogP) is 5.50. The molecule has 6 nitrogen and oxygen atoms in total. The summed E-state index contributed by atoms with van der Waals surface area (Å²) in [6.45, 7) is 4.04. The summed E-state index contributed by atoms with van der Waals surface area (Å²) in [6.07, 6.45) is 3.63. The van der Waals surface area contributed by atoms with Crippen molar-refractivity contribution in [3.8, 4) is 11.3 Å². The molecule has 0 bridgehead atoms. The molecular formula is C21H21ClFN3O3. The molecule has 0 spiro atoms. The molecule has 1 aliphatic heterocycles. The molecule has 3 aromatic rings. The minimum Gasteiger partial charge on any atom is -0.360 e. The van der Waals surface area contributed by atoms with E-state index in [4.69, 9.17) is 20.6 Å². The lowest BCUT2D eigenvalue weighted by molar-refractivity contribution is 0.0650. The highest BCUT2D eigenvalue weighted by Gasteiger charge is 2.34. The number of nitrogens with zero attached hydrogens (tertiary/aromatic N) is 3. The van der Waals surface area contributed by atoms with Crippen molar-refractivity contribution in [2.45, 2.75) is 45.6 Å². The molecule has 3 heterocycles. The number of amides is 1. The maximum atomic E-state index is 14.5. The summed E-state index contributed by atoms with van der Waals surface area (Å²) in [4.78, 5) is 15.4. The summed E-state index contributed by atoms with van der Waals surface area (Å²) in [5.74, 6) is 0.135. The van der Waals surface area contributed by atoms with Gasteiger partial charge in [0.05, 0.1) is 22.3 Å². The maximum absolute atomic E-state index is 14.5. The van der Waals surface area contributed by atoms with Gasteiger partial charge in [-0.15, -0.1) is 0 Å². The van der Waals surface area contributed by atoms with Crippen molar-refractivity contribution in [1.82, 2.24) is 15.2 Å². The predicted molar refractivity (Wildman–Crippen MR) is 105 cm³/mol. The molecule has 0 radical (unpaired) electrons. The third-order valence-electron chi connectivity index (χ3n) is 5.26. The molecule has 1 saturated heterocycles. The number of likely N-dealkylation sites (tertiary alicyclic amines) is 1. The summed E-state index contributed by atoms with van der Waals surface area (Å²) < 4.78 is 25.3. The van der Waals surface area contributed by atoms with Crippen molar-refractivity contribution in [2.75, 3.05) is 6.54 Å². The Labute approximate surface area is 172 Å². The number of hydrogen-bond donors (Lipinski definition) is 0. The van der Waals surface area contributed by atoms with E-state index in [1.54, 1.807) is 17.9 Å². The van der Waals surface area contributed by atoms with Crippen molar-refractivity contribution >= 4 is 17.5 Å². The fourth-order valence-electron chi connectivity index (χ4n) is 3.85. The number of rotatable bonds is 3. The van der Waals surface area contributed by atoms with Gasteiger partial charge in [-0.3, -0.25) is 4.79 Å². The Kier molecular flexibility index (Phi) is 5.41. The maximum Gasteiger partial charge on any atom is 0.260 e. The van der Waals surface area contributed by atoms with E-state index in [0.717, 1.165) is 31.4 Å². The molecule has 1 atom stereocenters. The number of halogens is 2. The van der Waals surface area contributed by atoms with Crippen LogP contribution in [0.2, 0.25) is 5.02 Å². The molecule has 1 fully saturated rings. The van der Waals surface area contributed by atoms with Crippen LogP contribution in [0.5, 0.6) is 0 Å². The van der Waals surface area contributed by atoms with Gasteiger partial charge in [0, 0.05) is 12.6 Å². The van der Waals surface area contributed by atoms with Gasteiger partial charge in [-0.1, -0.05) is 40.8 Å². The summed E-state index contributed by atoms with van der Waals surface area (Å²) in [5, 5.41) is 8.11. The van der Waals surface area contributed by atoms with E-state index in [1.807, 2.05) is 13.0 Å². The van der Waals surface area contributed by atoms with Gasteiger partial charge in [0.15, 0.2) is 5.76 Å². The summed E-state index contributed by atoms with van der Waals surface area (Å²) in [5.41, 5.74) is 1.17. The monoisotopic (exact) mass is 417 g/mol. The molecule has 29 heavy (non-hydrogen) atoms. The highest BCUT2D eigenvalue weighted by atomic mass is 35.5. The van der Waals surface area contributed by atoms with E-state index in [1.165, 1.54) is 12.1 Å². The molecule has 8 heteroatoms. The third-order valence-corrected chi connectivity index (χ3v) is 5.58. The summed E-state index contributed by atoms with van der Waals surface area (Å²) in [6, 6.07) is 5.96. The van der Waals surface area contributed by atoms with Crippen molar-refractivity contribution < 1.29 is 18.2 Å². The zero-order valence-corrected chi connectivity index (χ0v) is 17.0. The lowest BCUT2D eigenvalue weighted by Crippen LogP contribution is -2.35. The van der Waals surface area contributed by atoms with E-state index in [2.05, 4.69) is 10.3 Å². The van der Waals surface area contributed by atoms with Crippen LogP contribution in [0.4, 0.5) is 4.39 Å². The van der Waals surface area contributed by atoms with Crippen LogP contribution >= 0.6 is 11.6 Å². The van der Waals surface area contributed by atoms with E-state index in [9.17, 15) is 9.18 Å². The number of benzene rings is 1. The molecule has 0 unspecified atom stereocenters. The second-order valence-corrected chi connectivity index (χ2v) is 7.70. The first-order valence-electron chi connectivity index (χ1n) is 9.62. The van der Waals surface area contributed by atoms with Crippen LogP contribution in [0.3, 0.4) is 0 Å². The second-order valence-electron chi connectivity index (χ2n) is 7.29. The molecule has 0 N–H and O–H groups in total. The van der Waals surface area contributed by atoms with Crippen LogP contribution < -0.4 is 0 Å². The molecule has 0 saturated carbocycles. The molecule has 0 aliphatic carbocycles. The van der Waals surface area contributed by atoms with Crippen molar-refractivity contribution in [2.24, 2.45) is 0 Å². The Balaban J connectivity index is 1.78. The lowest BCUT2D eigenvalue weighted by atomic mass is 10.0. The Morgan fingerprint density at radius 1 is 1.21 bits per heavy atom. The Morgan fingerprint density at radius 3 is 2.76 bits per heavy atom. The standard InChI is InChI=1S/C21H21ClFN3O3/c1-12-11-17(29-24-12)16-9-4-3-5-10-26(16)21(27)18-13(2)28-25-20(18)19-14(22)7-6-8-15(19)23/h6-8,11,16H,3-5,9-10H2,1-2H3/t16-/m0/s1. The van der Waals surface area contributed by atoms with Gasteiger partial charge in [-0.2, -0.15) is 0 Å². The fourth-order valence-corrected chi connectivity index (χ4v) is 4.10. The number of aryl methyl sites for hydroxylation is 2. The number of hydrogen-bond acceptors (Lipinski definition) is 5. The average molecular weight is 418 g/mol. The third kappa shape index (κ3) is 3.67. The van der Waals surface area contributed by atoms with Crippen molar-refractivity contribution in [1.29, 1.82) is 0 Å². The SMILES string of the molecule is Cc1cc([C@@H]2CCCCCN2C(=O)c2c(-c3c(F)cccc3Cl)noc2C)on1. The smallest absolute Gasteiger partial charge is 0.260 e. The van der Waals surface area contributed by atoms with Crippen LogP contribution in [-0.4, -0.2) is 27.7 Å². The molecule has 4 rings (SSSR count). The Morgan fingerprint density at radius 2 is 2.03 bits per heavy atom. The molecule has 1 amide bonds. The minimum absolute atomic E-state index is 0.0660. The largest absolute Gasteiger partial charge is 0.360 e. The van der Waals surface area contributed by atoms with Gasteiger partial charge in [-0.05, 0) is 38.8 Å². The van der Waals surface area contributed by atoms with E-state index >= 15 is 0 Å². The van der Waals surface area contributed by atoms with Gasteiger partial charge >= 0.3 is 0 Å². The lowest BCUT2D eigenvalue weighted by Gasteiger charge is -2.28. The minimum atomic E-state index is -0.557. The second kappa shape index (κ2) is 7.99. The average Bonchev–Trinajstić information content (AvgIpc) is 3.18. The van der Waals surface area contributed by atoms with Gasteiger partial charge in [0.1, 0.15) is 22.8 Å². The molecule has 1 aliphatic rings. The van der Waals surface area contributed by atoms with E-state index in [0.29, 0.717) is 18.1 Å². The summed E-state index contributed by atoms with van der Waals surface area (Å²) >= 11 is 6.22. The van der Waals surface area contributed by atoms with Crippen LogP contribution in [-0.2, 0) is 0 Å². The van der Waals surface area contributed by atoms with E-state index < -0.39 is 5.82 Å².